The van der Waals surface area contributed by atoms with Crippen molar-refractivity contribution in [2.24, 2.45) is 0 Å². The van der Waals surface area contributed by atoms with Crippen molar-refractivity contribution in [3.05, 3.63) is 65.7 Å². The van der Waals surface area contributed by atoms with Gasteiger partial charge in [0.25, 0.3) is 0 Å². The molecule has 2 aromatic rings. The van der Waals surface area contributed by atoms with Gasteiger partial charge in [0.05, 0.1) is 24.8 Å². The molecule has 8 heteroatoms. The van der Waals surface area contributed by atoms with Crippen LogP contribution in [0.25, 0.3) is 0 Å². The van der Waals surface area contributed by atoms with Gasteiger partial charge in [-0.3, -0.25) is 9.59 Å². The lowest BCUT2D eigenvalue weighted by atomic mass is 9.96. The van der Waals surface area contributed by atoms with E-state index in [9.17, 15) is 18.0 Å². The van der Waals surface area contributed by atoms with Crippen LogP contribution in [-0.2, 0) is 36.3 Å². The smallest absolute Gasteiger partial charge is 0.316 e. The highest BCUT2D eigenvalue weighted by atomic mass is 32.2. The van der Waals surface area contributed by atoms with Gasteiger partial charge < -0.3 is 10.1 Å². The molecule has 0 unspecified atom stereocenters. The zero-order valence-corrected chi connectivity index (χ0v) is 17.9. The summed E-state index contributed by atoms with van der Waals surface area (Å²) in [5, 5.41) is 2.72. The summed E-state index contributed by atoms with van der Waals surface area (Å²) in [6.45, 7) is 1.95. The van der Waals surface area contributed by atoms with Gasteiger partial charge in [0.15, 0.2) is 0 Å². The topological polar surface area (TPSA) is 92.8 Å². The zero-order chi connectivity index (χ0) is 21.8. The molecule has 1 aliphatic rings. The molecule has 1 saturated carbocycles. The second-order valence-corrected chi connectivity index (χ2v) is 9.43. The average molecular weight is 431 g/mol. The molecule has 0 atom stereocenters. The molecule has 0 aliphatic heterocycles. The first-order chi connectivity index (χ1) is 14.2. The fraction of sp³-hybridized carbons (Fsp3) is 0.364. The van der Waals surface area contributed by atoms with E-state index in [1.54, 1.807) is 31.2 Å². The molecule has 1 N–H and O–H groups in total. The molecule has 1 amide bonds. The lowest BCUT2D eigenvalue weighted by Crippen LogP contribution is -2.36. The Balaban J connectivity index is 1.64. The van der Waals surface area contributed by atoms with Gasteiger partial charge >= 0.3 is 5.97 Å². The number of hydrogen-bond acceptors (Lipinski definition) is 5. The van der Waals surface area contributed by atoms with E-state index in [1.807, 2.05) is 30.3 Å². The van der Waals surface area contributed by atoms with E-state index in [4.69, 9.17) is 4.74 Å². The standard InChI is InChI=1S/C22H26N2O5S/c1-3-29-21(26)22(13-14-22)18-9-11-19(12-10-18)23-20(25)16-24(30(2,27)28)15-17-7-5-4-6-8-17/h4-12H,3,13-16H2,1-2H3,(H,23,25). The minimum absolute atomic E-state index is 0.119. The molecule has 1 aliphatic carbocycles. The zero-order valence-electron chi connectivity index (χ0n) is 17.1. The third-order valence-electron chi connectivity index (χ3n) is 5.13. The Bertz CT molecular complexity index is 1000. The number of anilines is 1. The quantitative estimate of drug-likeness (QED) is 0.618. The summed E-state index contributed by atoms with van der Waals surface area (Å²) in [7, 11) is -3.56. The Morgan fingerprint density at radius 2 is 1.70 bits per heavy atom. The number of carbonyl (C=O) groups excluding carboxylic acids is 2. The summed E-state index contributed by atoms with van der Waals surface area (Å²) in [4.78, 5) is 24.7. The SMILES string of the molecule is CCOC(=O)C1(c2ccc(NC(=O)CN(Cc3ccccc3)S(C)(=O)=O)cc2)CC1. The second-order valence-electron chi connectivity index (χ2n) is 7.44. The van der Waals surface area contributed by atoms with Crippen LogP contribution in [0.1, 0.15) is 30.9 Å². The van der Waals surface area contributed by atoms with Gasteiger partial charge in [-0.15, -0.1) is 0 Å². The van der Waals surface area contributed by atoms with Crippen molar-refractivity contribution in [3.63, 3.8) is 0 Å². The Kier molecular flexibility index (Phi) is 6.58. The van der Waals surface area contributed by atoms with E-state index in [-0.39, 0.29) is 19.1 Å². The van der Waals surface area contributed by atoms with E-state index in [0.717, 1.165) is 34.5 Å². The van der Waals surface area contributed by atoms with E-state index in [0.29, 0.717) is 12.3 Å². The number of benzene rings is 2. The Hall–Kier alpha value is -2.71. The van der Waals surface area contributed by atoms with Crippen LogP contribution in [0.5, 0.6) is 0 Å². The number of sulfonamides is 1. The summed E-state index contributed by atoms with van der Waals surface area (Å²) in [6.07, 6.45) is 2.59. The van der Waals surface area contributed by atoms with Gasteiger partial charge in [-0.05, 0) is 43.0 Å². The molecule has 0 aromatic heterocycles. The average Bonchev–Trinajstić information content (AvgIpc) is 3.50. The predicted molar refractivity (Wildman–Crippen MR) is 114 cm³/mol. The van der Waals surface area contributed by atoms with Crippen molar-refractivity contribution in [1.82, 2.24) is 4.31 Å². The number of rotatable bonds is 9. The highest BCUT2D eigenvalue weighted by molar-refractivity contribution is 7.88. The van der Waals surface area contributed by atoms with Crippen molar-refractivity contribution < 1.29 is 22.7 Å². The number of esters is 1. The van der Waals surface area contributed by atoms with Gasteiger partial charge in [0.2, 0.25) is 15.9 Å². The number of carbonyl (C=O) groups is 2. The molecule has 0 heterocycles. The van der Waals surface area contributed by atoms with Crippen LogP contribution in [0, 0.1) is 0 Å². The van der Waals surface area contributed by atoms with Crippen molar-refractivity contribution in [3.8, 4) is 0 Å². The second kappa shape index (κ2) is 8.97. The Morgan fingerprint density at radius 1 is 1.07 bits per heavy atom. The largest absolute Gasteiger partial charge is 0.465 e. The van der Waals surface area contributed by atoms with Crippen molar-refractivity contribution in [2.45, 2.75) is 31.7 Å². The number of nitrogens with zero attached hydrogens (tertiary/aromatic N) is 1. The van der Waals surface area contributed by atoms with E-state index < -0.39 is 21.3 Å². The molecule has 30 heavy (non-hydrogen) atoms. The van der Waals surface area contributed by atoms with Crippen LogP contribution in [0.4, 0.5) is 5.69 Å². The maximum Gasteiger partial charge on any atom is 0.316 e. The fourth-order valence-electron chi connectivity index (χ4n) is 3.32. The molecule has 0 bridgehead atoms. The number of hydrogen-bond donors (Lipinski definition) is 1. The van der Waals surface area contributed by atoms with Gasteiger partial charge in [-0.1, -0.05) is 42.5 Å². The Labute approximate surface area is 177 Å². The molecule has 0 saturated heterocycles. The van der Waals surface area contributed by atoms with E-state index >= 15 is 0 Å². The maximum absolute atomic E-state index is 12.5. The number of nitrogens with one attached hydrogen (secondary N) is 1. The summed E-state index contributed by atoms with van der Waals surface area (Å²) in [5.74, 6) is -0.651. The first kappa shape index (κ1) is 22.0. The third kappa shape index (κ3) is 5.25. The minimum Gasteiger partial charge on any atom is -0.465 e. The molecule has 0 radical (unpaired) electrons. The first-order valence-electron chi connectivity index (χ1n) is 9.81. The van der Waals surface area contributed by atoms with Crippen LogP contribution >= 0.6 is 0 Å². The fourth-order valence-corrected chi connectivity index (χ4v) is 4.05. The molecular weight excluding hydrogens is 404 g/mol. The minimum atomic E-state index is -3.56. The summed E-state index contributed by atoms with van der Waals surface area (Å²) >= 11 is 0. The molecule has 2 aromatic carbocycles. The molecule has 3 rings (SSSR count). The molecule has 1 fully saturated rings. The number of ether oxygens (including phenoxy) is 1. The molecule has 0 spiro atoms. The van der Waals surface area contributed by atoms with Crippen LogP contribution in [0.2, 0.25) is 0 Å². The monoisotopic (exact) mass is 430 g/mol. The Morgan fingerprint density at radius 3 is 2.23 bits per heavy atom. The van der Waals surface area contributed by atoms with E-state index in [2.05, 4.69) is 5.32 Å². The summed E-state index contributed by atoms with van der Waals surface area (Å²) < 4.78 is 30.5. The van der Waals surface area contributed by atoms with Gasteiger partial charge in [-0.2, -0.15) is 4.31 Å². The first-order valence-corrected chi connectivity index (χ1v) is 11.7. The van der Waals surface area contributed by atoms with Gasteiger partial charge in [-0.25, -0.2) is 8.42 Å². The van der Waals surface area contributed by atoms with Crippen molar-refractivity contribution >= 4 is 27.6 Å². The van der Waals surface area contributed by atoms with Gasteiger partial charge in [0, 0.05) is 12.2 Å². The molecular formula is C22H26N2O5S. The third-order valence-corrected chi connectivity index (χ3v) is 6.32. The lowest BCUT2D eigenvalue weighted by Gasteiger charge is -2.20. The van der Waals surface area contributed by atoms with Crippen molar-refractivity contribution in [1.29, 1.82) is 0 Å². The van der Waals surface area contributed by atoms with E-state index in [1.165, 1.54) is 0 Å². The van der Waals surface area contributed by atoms with Gasteiger partial charge in [0.1, 0.15) is 0 Å². The predicted octanol–water partition coefficient (Wildman–Crippen LogP) is 2.68. The number of amides is 1. The lowest BCUT2D eigenvalue weighted by molar-refractivity contribution is -0.146. The van der Waals surface area contributed by atoms with Crippen LogP contribution in [0.15, 0.2) is 54.6 Å². The summed E-state index contributed by atoms with van der Waals surface area (Å²) in [5.41, 5.74) is 1.63. The molecule has 160 valence electrons. The highest BCUT2D eigenvalue weighted by Gasteiger charge is 2.52. The van der Waals surface area contributed by atoms with Crippen molar-refractivity contribution in [2.75, 3.05) is 24.7 Å². The van der Waals surface area contributed by atoms with Crippen LogP contribution < -0.4 is 5.32 Å². The highest BCUT2D eigenvalue weighted by Crippen LogP contribution is 2.49. The normalized spacial score (nSPS) is 14.9. The maximum atomic E-state index is 12.5. The van der Waals surface area contributed by atoms with Crippen LogP contribution in [0.3, 0.4) is 0 Å². The molecule has 7 nitrogen and oxygen atoms in total. The van der Waals surface area contributed by atoms with Crippen LogP contribution in [-0.4, -0.2) is 44.0 Å². The summed E-state index contributed by atoms with van der Waals surface area (Å²) in [6, 6.07) is 16.1.